The number of hydrogen-bond donors (Lipinski definition) is 1. The van der Waals surface area contributed by atoms with Gasteiger partial charge in [-0.1, -0.05) is 36.0 Å². The number of carbonyl (C=O) groups is 1. The van der Waals surface area contributed by atoms with Gasteiger partial charge >= 0.3 is 5.97 Å². The van der Waals surface area contributed by atoms with Crippen molar-refractivity contribution in [2.45, 2.75) is 24.3 Å². The minimum absolute atomic E-state index is 0.548. The molecule has 1 unspecified atom stereocenters. The molecule has 19 heavy (non-hydrogen) atoms. The molecule has 1 aromatic carbocycles. The van der Waals surface area contributed by atoms with Crippen LogP contribution in [0.4, 0.5) is 0 Å². The summed E-state index contributed by atoms with van der Waals surface area (Å²) in [5.41, 5.74) is 2.12. The molecule has 2 rings (SSSR count). The van der Waals surface area contributed by atoms with Crippen molar-refractivity contribution in [3.8, 4) is 11.4 Å². The molecule has 1 atom stereocenters. The maximum Gasteiger partial charge on any atom is 0.316 e. The largest absolute Gasteiger partial charge is 0.480 e. The van der Waals surface area contributed by atoms with Gasteiger partial charge in [-0.25, -0.2) is 0 Å². The lowest BCUT2D eigenvalue weighted by Crippen LogP contribution is -2.12. The second-order valence-corrected chi connectivity index (χ2v) is 5.59. The predicted octanol–water partition coefficient (Wildman–Crippen LogP) is 2.36. The maximum atomic E-state index is 10.9. The van der Waals surface area contributed by atoms with Crippen LogP contribution in [-0.2, 0) is 11.8 Å². The van der Waals surface area contributed by atoms with Crippen LogP contribution in [0.5, 0.6) is 0 Å². The molecule has 2 aromatic rings. The van der Waals surface area contributed by atoms with Crippen LogP contribution < -0.4 is 0 Å². The Morgan fingerprint density at radius 2 is 2.05 bits per heavy atom. The molecule has 0 aliphatic carbocycles. The average Bonchev–Trinajstić information content (AvgIpc) is 2.72. The first-order chi connectivity index (χ1) is 9.00. The van der Waals surface area contributed by atoms with E-state index >= 15 is 0 Å². The molecule has 0 amide bonds. The van der Waals surface area contributed by atoms with Gasteiger partial charge in [0.25, 0.3) is 0 Å². The van der Waals surface area contributed by atoms with Crippen molar-refractivity contribution in [2.75, 3.05) is 0 Å². The summed E-state index contributed by atoms with van der Waals surface area (Å²) < 4.78 is 1.83. The van der Waals surface area contributed by atoms with Gasteiger partial charge in [0, 0.05) is 12.6 Å². The standard InChI is InChI=1S/C13H15N3O2S/c1-8-6-4-5-7-10(8)11-14-15-13(16(11)3)19-9(2)12(17)18/h4-7,9H,1-3H3,(H,17,18). The fourth-order valence-electron chi connectivity index (χ4n) is 1.68. The Kier molecular flexibility index (Phi) is 3.90. The lowest BCUT2D eigenvalue weighted by molar-refractivity contribution is -0.136. The molecule has 0 saturated heterocycles. The molecule has 0 bridgehead atoms. The van der Waals surface area contributed by atoms with E-state index in [9.17, 15) is 4.79 Å². The monoisotopic (exact) mass is 277 g/mol. The molecule has 0 saturated carbocycles. The highest BCUT2D eigenvalue weighted by Crippen LogP contribution is 2.27. The number of aryl methyl sites for hydroxylation is 1. The zero-order chi connectivity index (χ0) is 14.0. The molecular weight excluding hydrogens is 262 g/mol. The molecule has 1 N–H and O–H groups in total. The van der Waals surface area contributed by atoms with E-state index in [4.69, 9.17) is 5.11 Å². The van der Waals surface area contributed by atoms with Crippen molar-refractivity contribution >= 4 is 17.7 Å². The number of hydrogen-bond acceptors (Lipinski definition) is 4. The van der Waals surface area contributed by atoms with Gasteiger partial charge in [-0.3, -0.25) is 4.79 Å². The quantitative estimate of drug-likeness (QED) is 0.869. The van der Waals surface area contributed by atoms with E-state index in [0.29, 0.717) is 5.16 Å². The minimum atomic E-state index is -0.856. The zero-order valence-electron chi connectivity index (χ0n) is 11.0. The van der Waals surface area contributed by atoms with Crippen LogP contribution in [-0.4, -0.2) is 31.1 Å². The van der Waals surface area contributed by atoms with Gasteiger partial charge in [-0.2, -0.15) is 0 Å². The summed E-state index contributed by atoms with van der Waals surface area (Å²) in [5.74, 6) is -0.108. The molecule has 0 radical (unpaired) electrons. The van der Waals surface area contributed by atoms with Crippen molar-refractivity contribution in [1.29, 1.82) is 0 Å². The first-order valence-corrected chi connectivity index (χ1v) is 6.73. The summed E-state index contributed by atoms with van der Waals surface area (Å²) in [6.07, 6.45) is 0. The minimum Gasteiger partial charge on any atom is -0.480 e. The molecular formula is C13H15N3O2S. The van der Waals surface area contributed by atoms with Gasteiger partial charge in [0.1, 0.15) is 5.25 Å². The van der Waals surface area contributed by atoms with Crippen LogP contribution >= 0.6 is 11.8 Å². The van der Waals surface area contributed by atoms with Crippen molar-refractivity contribution in [1.82, 2.24) is 14.8 Å². The summed E-state index contributed by atoms with van der Waals surface area (Å²) in [4.78, 5) is 10.9. The first-order valence-electron chi connectivity index (χ1n) is 5.85. The number of carboxylic acid groups (broad SMARTS) is 1. The number of rotatable bonds is 4. The van der Waals surface area contributed by atoms with Crippen LogP contribution in [0.2, 0.25) is 0 Å². The van der Waals surface area contributed by atoms with Gasteiger partial charge in [-0.15, -0.1) is 10.2 Å². The second kappa shape index (κ2) is 5.44. The summed E-state index contributed by atoms with van der Waals surface area (Å²) in [6.45, 7) is 3.64. The van der Waals surface area contributed by atoms with E-state index in [2.05, 4.69) is 10.2 Å². The molecule has 0 aliphatic heterocycles. The third-order valence-electron chi connectivity index (χ3n) is 2.85. The van der Waals surface area contributed by atoms with Crippen molar-refractivity contribution in [2.24, 2.45) is 7.05 Å². The third-order valence-corrected chi connectivity index (χ3v) is 3.97. The molecule has 0 fully saturated rings. The van der Waals surface area contributed by atoms with E-state index in [1.54, 1.807) is 6.92 Å². The molecule has 100 valence electrons. The Balaban J connectivity index is 2.34. The lowest BCUT2D eigenvalue weighted by Gasteiger charge is -2.07. The number of aliphatic carboxylic acids is 1. The maximum absolute atomic E-state index is 10.9. The fourth-order valence-corrected chi connectivity index (χ4v) is 2.43. The Bertz CT molecular complexity index is 610. The number of benzene rings is 1. The number of carboxylic acids is 1. The van der Waals surface area contributed by atoms with Crippen molar-refractivity contribution < 1.29 is 9.90 Å². The first kappa shape index (κ1) is 13.6. The molecule has 6 heteroatoms. The highest BCUT2D eigenvalue weighted by atomic mass is 32.2. The number of thioether (sulfide) groups is 1. The van der Waals surface area contributed by atoms with Crippen LogP contribution in [0.15, 0.2) is 29.4 Å². The van der Waals surface area contributed by atoms with Gasteiger partial charge in [0.05, 0.1) is 0 Å². The lowest BCUT2D eigenvalue weighted by atomic mass is 10.1. The average molecular weight is 277 g/mol. The van der Waals surface area contributed by atoms with Crippen LogP contribution in [0.1, 0.15) is 12.5 Å². The topological polar surface area (TPSA) is 68.0 Å². The van der Waals surface area contributed by atoms with Gasteiger partial charge in [-0.05, 0) is 19.4 Å². The number of aromatic nitrogens is 3. The van der Waals surface area contributed by atoms with E-state index < -0.39 is 11.2 Å². The molecule has 0 aliphatic rings. The van der Waals surface area contributed by atoms with Crippen molar-refractivity contribution in [3.63, 3.8) is 0 Å². The smallest absolute Gasteiger partial charge is 0.316 e. The molecule has 1 aromatic heterocycles. The summed E-state index contributed by atoms with van der Waals surface area (Å²) >= 11 is 1.19. The predicted molar refractivity (Wildman–Crippen MR) is 74.1 cm³/mol. The Morgan fingerprint density at radius 1 is 1.37 bits per heavy atom. The SMILES string of the molecule is Cc1ccccc1-c1nnc(SC(C)C(=O)O)n1C. The summed E-state index contributed by atoms with van der Waals surface area (Å²) in [7, 11) is 1.85. The Morgan fingerprint density at radius 3 is 2.68 bits per heavy atom. The highest BCUT2D eigenvalue weighted by Gasteiger charge is 2.18. The molecule has 0 spiro atoms. The van der Waals surface area contributed by atoms with Gasteiger partial charge in [0.2, 0.25) is 0 Å². The van der Waals surface area contributed by atoms with Crippen LogP contribution in [0, 0.1) is 6.92 Å². The zero-order valence-corrected chi connectivity index (χ0v) is 11.8. The van der Waals surface area contributed by atoms with Gasteiger partial charge < -0.3 is 9.67 Å². The summed E-state index contributed by atoms with van der Waals surface area (Å²) in [6, 6.07) is 7.91. The van der Waals surface area contributed by atoms with Crippen LogP contribution in [0.3, 0.4) is 0 Å². The third kappa shape index (κ3) is 2.78. The van der Waals surface area contributed by atoms with Crippen LogP contribution in [0.25, 0.3) is 11.4 Å². The van der Waals surface area contributed by atoms with E-state index in [0.717, 1.165) is 17.0 Å². The molecule has 5 nitrogen and oxygen atoms in total. The van der Waals surface area contributed by atoms with Crippen molar-refractivity contribution in [3.05, 3.63) is 29.8 Å². The Labute approximate surface area is 115 Å². The van der Waals surface area contributed by atoms with E-state index in [-0.39, 0.29) is 0 Å². The second-order valence-electron chi connectivity index (χ2n) is 4.28. The normalized spacial score (nSPS) is 12.4. The van der Waals surface area contributed by atoms with Gasteiger partial charge in [0.15, 0.2) is 11.0 Å². The number of nitrogens with zero attached hydrogens (tertiary/aromatic N) is 3. The highest BCUT2D eigenvalue weighted by molar-refractivity contribution is 8.00. The fraction of sp³-hybridized carbons (Fsp3) is 0.308. The summed E-state index contributed by atoms with van der Waals surface area (Å²) in [5, 5.41) is 17.2. The van der Waals surface area contributed by atoms with E-state index in [1.165, 1.54) is 11.8 Å². The molecule has 1 heterocycles. The Hall–Kier alpha value is -1.82. The van der Waals surface area contributed by atoms with E-state index in [1.807, 2.05) is 42.8 Å².